The van der Waals surface area contributed by atoms with E-state index in [0.717, 1.165) is 19.6 Å². The smallest absolute Gasteiger partial charge is 0.0244 e. The van der Waals surface area contributed by atoms with Crippen molar-refractivity contribution in [3.05, 3.63) is 33.8 Å². The zero-order valence-electron chi connectivity index (χ0n) is 12.0. The second-order valence-electron chi connectivity index (χ2n) is 5.11. The lowest BCUT2D eigenvalue weighted by Crippen LogP contribution is -2.25. The van der Waals surface area contributed by atoms with Gasteiger partial charge in [0.05, 0.1) is 0 Å². The fourth-order valence-corrected chi connectivity index (χ4v) is 2.24. The van der Waals surface area contributed by atoms with Crippen molar-refractivity contribution in [3.8, 4) is 0 Å². The van der Waals surface area contributed by atoms with Gasteiger partial charge in [0.15, 0.2) is 0 Å². The number of halogens is 1. The Balaban J connectivity index is 2.62. The van der Waals surface area contributed by atoms with Crippen LogP contribution in [0.2, 0.25) is 0 Å². The highest BCUT2D eigenvalue weighted by Gasteiger charge is 2.07. The lowest BCUT2D eigenvalue weighted by molar-refractivity contribution is 0.265. The zero-order valence-corrected chi connectivity index (χ0v) is 13.5. The summed E-state index contributed by atoms with van der Waals surface area (Å²) >= 11 is 3.68. The number of rotatable bonds is 7. The van der Waals surface area contributed by atoms with Crippen LogP contribution in [0.3, 0.4) is 0 Å². The third kappa shape index (κ3) is 5.09. The second kappa shape index (κ2) is 7.93. The van der Waals surface area contributed by atoms with Gasteiger partial charge in [-0.3, -0.25) is 4.90 Å². The topological polar surface area (TPSA) is 15.3 Å². The Labute approximate surface area is 120 Å². The van der Waals surface area contributed by atoms with E-state index < -0.39 is 0 Å². The molecule has 0 aliphatic carbocycles. The standard InChI is InChI=1S/C15H25BrN2/c1-5-8-17-10-13-6-7-14(15(16)9-13)11-18(4)12(2)3/h6-7,9,12,17H,5,8,10-11H2,1-4H3. The van der Waals surface area contributed by atoms with Crippen molar-refractivity contribution in [2.75, 3.05) is 13.6 Å². The summed E-state index contributed by atoms with van der Waals surface area (Å²) in [6, 6.07) is 7.25. The van der Waals surface area contributed by atoms with Gasteiger partial charge in [0.1, 0.15) is 0 Å². The van der Waals surface area contributed by atoms with Gasteiger partial charge in [-0.15, -0.1) is 0 Å². The molecule has 0 bridgehead atoms. The number of nitrogens with zero attached hydrogens (tertiary/aromatic N) is 1. The van der Waals surface area contributed by atoms with E-state index >= 15 is 0 Å². The molecule has 0 aliphatic heterocycles. The van der Waals surface area contributed by atoms with Crippen molar-refractivity contribution in [1.82, 2.24) is 10.2 Å². The molecule has 0 fully saturated rings. The Morgan fingerprint density at radius 2 is 2.06 bits per heavy atom. The van der Waals surface area contributed by atoms with Crippen molar-refractivity contribution in [2.45, 2.75) is 46.3 Å². The van der Waals surface area contributed by atoms with Crippen LogP contribution in [-0.2, 0) is 13.1 Å². The van der Waals surface area contributed by atoms with Crippen LogP contribution in [0.15, 0.2) is 22.7 Å². The molecule has 0 amide bonds. The molecule has 1 aromatic carbocycles. The maximum Gasteiger partial charge on any atom is 0.0244 e. The van der Waals surface area contributed by atoms with Crippen LogP contribution in [0.4, 0.5) is 0 Å². The van der Waals surface area contributed by atoms with Crippen molar-refractivity contribution in [1.29, 1.82) is 0 Å². The first kappa shape index (κ1) is 15.7. The summed E-state index contributed by atoms with van der Waals surface area (Å²) in [6.07, 6.45) is 1.18. The van der Waals surface area contributed by atoms with Gasteiger partial charge in [0.25, 0.3) is 0 Å². The molecule has 2 nitrogen and oxygen atoms in total. The Morgan fingerprint density at radius 3 is 2.61 bits per heavy atom. The van der Waals surface area contributed by atoms with Crippen molar-refractivity contribution < 1.29 is 0 Å². The van der Waals surface area contributed by atoms with Gasteiger partial charge >= 0.3 is 0 Å². The van der Waals surface area contributed by atoms with Crippen LogP contribution in [0.5, 0.6) is 0 Å². The Hall–Kier alpha value is -0.380. The minimum absolute atomic E-state index is 0.572. The summed E-state index contributed by atoms with van der Waals surface area (Å²) in [5, 5.41) is 3.43. The first-order valence-electron chi connectivity index (χ1n) is 6.72. The highest BCUT2D eigenvalue weighted by Crippen LogP contribution is 2.20. The van der Waals surface area contributed by atoms with Crippen molar-refractivity contribution >= 4 is 15.9 Å². The third-order valence-corrected chi connectivity index (χ3v) is 3.91. The van der Waals surface area contributed by atoms with Gasteiger partial charge in [-0.1, -0.05) is 35.0 Å². The summed E-state index contributed by atoms with van der Waals surface area (Å²) in [7, 11) is 2.16. The largest absolute Gasteiger partial charge is 0.313 e. The average Bonchev–Trinajstić information content (AvgIpc) is 2.32. The Morgan fingerprint density at radius 1 is 1.33 bits per heavy atom. The molecule has 0 aromatic heterocycles. The molecular formula is C15H25BrN2. The summed E-state index contributed by atoms with van der Waals surface area (Å²) < 4.78 is 1.21. The molecule has 0 aliphatic rings. The molecular weight excluding hydrogens is 288 g/mol. The van der Waals surface area contributed by atoms with Gasteiger partial charge < -0.3 is 5.32 Å². The van der Waals surface area contributed by atoms with E-state index in [1.165, 1.54) is 22.0 Å². The fourth-order valence-electron chi connectivity index (χ4n) is 1.69. The van der Waals surface area contributed by atoms with Gasteiger partial charge in [0.2, 0.25) is 0 Å². The molecule has 0 unspecified atom stereocenters. The van der Waals surface area contributed by atoms with E-state index in [-0.39, 0.29) is 0 Å². The highest BCUT2D eigenvalue weighted by atomic mass is 79.9. The van der Waals surface area contributed by atoms with Crippen molar-refractivity contribution in [3.63, 3.8) is 0 Å². The monoisotopic (exact) mass is 312 g/mol. The lowest BCUT2D eigenvalue weighted by atomic mass is 10.1. The molecule has 0 saturated heterocycles. The van der Waals surface area contributed by atoms with Gasteiger partial charge in [0, 0.05) is 23.6 Å². The SMILES string of the molecule is CCCNCc1ccc(CN(C)C(C)C)c(Br)c1. The fraction of sp³-hybridized carbons (Fsp3) is 0.600. The third-order valence-electron chi connectivity index (χ3n) is 3.17. The van der Waals surface area contributed by atoms with Crippen LogP contribution < -0.4 is 5.32 Å². The van der Waals surface area contributed by atoms with Crippen LogP contribution in [0, 0.1) is 0 Å². The van der Waals surface area contributed by atoms with E-state index in [2.05, 4.69) is 72.2 Å². The van der Waals surface area contributed by atoms with E-state index in [1.807, 2.05) is 0 Å². The Kier molecular flexibility index (Phi) is 6.90. The molecule has 0 radical (unpaired) electrons. The lowest BCUT2D eigenvalue weighted by Gasteiger charge is -2.21. The Bertz CT molecular complexity index is 364. The minimum atomic E-state index is 0.572. The number of hydrogen-bond acceptors (Lipinski definition) is 2. The molecule has 0 heterocycles. The van der Waals surface area contributed by atoms with Crippen LogP contribution >= 0.6 is 15.9 Å². The molecule has 3 heteroatoms. The van der Waals surface area contributed by atoms with E-state index in [4.69, 9.17) is 0 Å². The number of benzene rings is 1. The predicted octanol–water partition coefficient (Wildman–Crippen LogP) is 3.79. The van der Waals surface area contributed by atoms with Crippen LogP contribution in [0.25, 0.3) is 0 Å². The summed E-state index contributed by atoms with van der Waals surface area (Å²) in [4.78, 5) is 2.34. The molecule has 1 aromatic rings. The van der Waals surface area contributed by atoms with E-state index in [9.17, 15) is 0 Å². The average molecular weight is 313 g/mol. The van der Waals surface area contributed by atoms with Gasteiger partial charge in [-0.05, 0) is 51.1 Å². The molecule has 18 heavy (non-hydrogen) atoms. The molecule has 0 atom stereocenters. The van der Waals surface area contributed by atoms with Crippen LogP contribution in [0.1, 0.15) is 38.3 Å². The maximum absolute atomic E-state index is 3.68. The molecule has 0 saturated carbocycles. The summed E-state index contributed by atoms with van der Waals surface area (Å²) in [6.45, 7) is 9.64. The predicted molar refractivity (Wildman–Crippen MR) is 82.7 cm³/mol. The van der Waals surface area contributed by atoms with E-state index in [0.29, 0.717) is 6.04 Å². The van der Waals surface area contributed by atoms with Gasteiger partial charge in [-0.25, -0.2) is 0 Å². The van der Waals surface area contributed by atoms with Crippen molar-refractivity contribution in [2.24, 2.45) is 0 Å². The first-order chi connectivity index (χ1) is 8.54. The normalized spacial score (nSPS) is 11.5. The number of hydrogen-bond donors (Lipinski definition) is 1. The quantitative estimate of drug-likeness (QED) is 0.771. The molecule has 1 rings (SSSR count). The van der Waals surface area contributed by atoms with Gasteiger partial charge in [-0.2, -0.15) is 0 Å². The minimum Gasteiger partial charge on any atom is -0.313 e. The molecule has 0 spiro atoms. The highest BCUT2D eigenvalue weighted by molar-refractivity contribution is 9.10. The second-order valence-corrected chi connectivity index (χ2v) is 5.97. The summed E-state index contributed by atoms with van der Waals surface area (Å²) in [5.74, 6) is 0. The van der Waals surface area contributed by atoms with E-state index in [1.54, 1.807) is 0 Å². The number of nitrogens with one attached hydrogen (secondary N) is 1. The van der Waals surface area contributed by atoms with Crippen LogP contribution in [-0.4, -0.2) is 24.5 Å². The maximum atomic E-state index is 3.68. The molecule has 1 N–H and O–H groups in total. The molecule has 102 valence electrons. The summed E-state index contributed by atoms with van der Waals surface area (Å²) in [5.41, 5.74) is 2.69. The first-order valence-corrected chi connectivity index (χ1v) is 7.52. The zero-order chi connectivity index (χ0) is 13.5.